The molecule has 1 aliphatic carbocycles. The van der Waals surface area contributed by atoms with E-state index in [1.165, 1.54) is 12.1 Å². The van der Waals surface area contributed by atoms with Crippen molar-refractivity contribution in [2.75, 3.05) is 4.90 Å². The van der Waals surface area contributed by atoms with Gasteiger partial charge in [0.15, 0.2) is 17.3 Å². The monoisotopic (exact) mass is 533 g/mol. The van der Waals surface area contributed by atoms with Crippen LogP contribution >= 0.6 is 11.6 Å². The smallest absolute Gasteiger partial charge is 0.185 e. The van der Waals surface area contributed by atoms with Crippen LogP contribution in [-0.4, -0.2) is 29.4 Å². The molecule has 0 saturated carbocycles. The fourth-order valence-electron chi connectivity index (χ4n) is 6.77. The summed E-state index contributed by atoms with van der Waals surface area (Å²) in [6, 6.07) is 25.5. The van der Waals surface area contributed by atoms with Gasteiger partial charge in [0.05, 0.1) is 6.04 Å². The van der Waals surface area contributed by atoms with Crippen molar-refractivity contribution >= 4 is 40.7 Å². The topological polar surface area (TPSA) is 54.5 Å². The summed E-state index contributed by atoms with van der Waals surface area (Å²) >= 11 is 6.13. The molecule has 3 atom stereocenters. The molecule has 4 aromatic rings. The minimum atomic E-state index is -1.58. The molecule has 4 aromatic carbocycles. The van der Waals surface area contributed by atoms with Gasteiger partial charge in [-0.25, -0.2) is 4.39 Å². The molecule has 1 fully saturated rings. The fourth-order valence-corrected chi connectivity index (χ4v) is 6.89. The first kappa shape index (κ1) is 23.7. The molecule has 0 unspecified atom stereocenters. The van der Waals surface area contributed by atoms with Crippen molar-refractivity contribution in [3.63, 3.8) is 0 Å². The third kappa shape index (κ3) is 3.20. The summed E-state index contributed by atoms with van der Waals surface area (Å²) in [7, 11) is 0. The maximum Gasteiger partial charge on any atom is 0.185 e. The summed E-state index contributed by atoms with van der Waals surface area (Å²) in [5.74, 6) is -2.06. The van der Waals surface area contributed by atoms with Crippen LogP contribution in [0.2, 0.25) is 5.02 Å². The Balaban J connectivity index is 1.54. The van der Waals surface area contributed by atoms with Crippen LogP contribution in [0.5, 0.6) is 0 Å². The zero-order valence-electron chi connectivity index (χ0n) is 20.6. The molecule has 0 radical (unpaired) electrons. The quantitative estimate of drug-likeness (QED) is 0.215. The minimum Gasteiger partial charge on any atom is -0.352 e. The zero-order chi connectivity index (χ0) is 26.9. The van der Waals surface area contributed by atoms with E-state index in [0.717, 1.165) is 0 Å². The van der Waals surface area contributed by atoms with E-state index in [9.17, 15) is 18.8 Å². The van der Waals surface area contributed by atoms with Crippen molar-refractivity contribution in [1.82, 2.24) is 0 Å². The molecule has 4 nitrogen and oxygen atoms in total. The highest BCUT2D eigenvalue weighted by Crippen LogP contribution is 2.60. The Morgan fingerprint density at radius 3 is 2.13 bits per heavy atom. The van der Waals surface area contributed by atoms with E-state index in [2.05, 4.69) is 0 Å². The van der Waals surface area contributed by atoms with Gasteiger partial charge in [-0.1, -0.05) is 78.4 Å². The van der Waals surface area contributed by atoms with E-state index in [4.69, 9.17) is 11.6 Å². The Bertz CT molecular complexity index is 1680. The lowest BCUT2D eigenvalue weighted by Crippen LogP contribution is -2.48. The number of carbonyl (C=O) groups is 3. The largest absolute Gasteiger partial charge is 0.352 e. The van der Waals surface area contributed by atoms with E-state index >= 15 is 0 Å². The van der Waals surface area contributed by atoms with Crippen LogP contribution in [0.3, 0.4) is 0 Å². The van der Waals surface area contributed by atoms with E-state index in [-0.39, 0.29) is 17.3 Å². The Hall–Kier alpha value is -4.35. The van der Waals surface area contributed by atoms with Crippen molar-refractivity contribution in [3.05, 3.63) is 142 Å². The zero-order valence-corrected chi connectivity index (χ0v) is 21.3. The number of Topliss-reactive ketones (excluding diaryl/α,β-unsaturated/α-hetero) is 3. The van der Waals surface area contributed by atoms with Gasteiger partial charge in [0.1, 0.15) is 17.3 Å². The molecule has 0 amide bonds. The maximum absolute atomic E-state index is 14.5. The predicted octanol–water partition coefficient (Wildman–Crippen LogP) is 6.80. The van der Waals surface area contributed by atoms with Crippen LogP contribution in [0.15, 0.2) is 103 Å². The fraction of sp³-hybridized carbons (Fsp3) is 0.121. The van der Waals surface area contributed by atoms with Crippen molar-refractivity contribution in [1.29, 1.82) is 0 Å². The first-order valence-electron chi connectivity index (χ1n) is 12.7. The average Bonchev–Trinajstić information content (AvgIpc) is 3.39. The summed E-state index contributed by atoms with van der Waals surface area (Å²) in [4.78, 5) is 45.4. The van der Waals surface area contributed by atoms with E-state index in [0.29, 0.717) is 38.5 Å². The van der Waals surface area contributed by atoms with E-state index in [1.54, 1.807) is 66.7 Å². The van der Waals surface area contributed by atoms with Gasteiger partial charge in [-0.15, -0.1) is 0 Å². The number of benzene rings is 4. The van der Waals surface area contributed by atoms with Crippen LogP contribution in [0.25, 0.3) is 6.08 Å². The Kier molecular flexibility index (Phi) is 5.23. The van der Waals surface area contributed by atoms with Crippen LogP contribution in [0.1, 0.15) is 48.1 Å². The molecule has 1 saturated heterocycles. The van der Waals surface area contributed by atoms with Gasteiger partial charge >= 0.3 is 0 Å². The summed E-state index contributed by atoms with van der Waals surface area (Å²) in [6.07, 6.45) is 3.54. The van der Waals surface area contributed by atoms with Gasteiger partial charge in [-0.2, -0.15) is 0 Å². The highest BCUT2D eigenvalue weighted by atomic mass is 35.5. The average molecular weight is 534 g/mol. The third-order valence-electron chi connectivity index (χ3n) is 8.32. The molecule has 0 N–H and O–H groups in total. The maximum atomic E-state index is 14.5. The molecule has 2 aliphatic heterocycles. The predicted molar refractivity (Wildman–Crippen MR) is 148 cm³/mol. The number of hydrogen-bond acceptors (Lipinski definition) is 4. The number of ketones is 3. The van der Waals surface area contributed by atoms with Gasteiger partial charge in [0, 0.05) is 38.9 Å². The lowest BCUT2D eigenvalue weighted by Gasteiger charge is -2.37. The molecule has 3 aliphatic rings. The van der Waals surface area contributed by atoms with Gasteiger partial charge in [0.2, 0.25) is 0 Å². The minimum absolute atomic E-state index is 0.246. The van der Waals surface area contributed by atoms with Crippen LogP contribution < -0.4 is 4.90 Å². The Morgan fingerprint density at radius 2 is 1.46 bits per heavy atom. The first-order chi connectivity index (χ1) is 18.9. The lowest BCUT2D eigenvalue weighted by atomic mass is 9.64. The Labute approximate surface area is 229 Å². The molecule has 39 heavy (non-hydrogen) atoms. The normalized spacial score (nSPS) is 22.1. The SMILES string of the molecule is O=C(c1ccc(Cl)cc1)[C@H]1[C@H](c2ccccc2)C2(C(=O)c3ccccc3C2=O)[C@@H]2C=Cc3cc(F)ccc3N21. The summed E-state index contributed by atoms with van der Waals surface area (Å²) in [5.41, 5.74) is 1.45. The van der Waals surface area contributed by atoms with Crippen molar-refractivity contribution in [3.8, 4) is 0 Å². The molecular formula is C33H21ClFNO3. The second kappa shape index (κ2) is 8.58. The van der Waals surface area contributed by atoms with E-state index < -0.39 is 29.2 Å². The van der Waals surface area contributed by atoms with Gasteiger partial charge in [0.25, 0.3) is 0 Å². The van der Waals surface area contributed by atoms with Crippen molar-refractivity contribution in [2.24, 2.45) is 5.41 Å². The van der Waals surface area contributed by atoms with E-state index in [1.807, 2.05) is 35.2 Å². The summed E-state index contributed by atoms with van der Waals surface area (Å²) in [5, 5.41) is 0.491. The van der Waals surface area contributed by atoms with Crippen LogP contribution in [0.4, 0.5) is 10.1 Å². The van der Waals surface area contributed by atoms with Crippen LogP contribution in [0, 0.1) is 11.2 Å². The third-order valence-corrected chi connectivity index (χ3v) is 8.57. The van der Waals surface area contributed by atoms with Gasteiger partial charge in [-0.05, 0) is 48.0 Å². The second-order valence-corrected chi connectivity index (χ2v) is 10.6. The lowest BCUT2D eigenvalue weighted by molar-refractivity contribution is 0.0666. The molecule has 6 heteroatoms. The highest BCUT2D eigenvalue weighted by molar-refractivity contribution is 6.32. The first-order valence-corrected chi connectivity index (χ1v) is 13.1. The number of hydrogen-bond donors (Lipinski definition) is 0. The molecule has 7 rings (SSSR count). The summed E-state index contributed by atoms with van der Waals surface area (Å²) in [6.45, 7) is 0. The number of anilines is 1. The molecule has 1 spiro atoms. The van der Waals surface area contributed by atoms with Gasteiger partial charge in [-0.3, -0.25) is 14.4 Å². The number of rotatable bonds is 3. The Morgan fingerprint density at radius 1 is 0.821 bits per heavy atom. The molecular weight excluding hydrogens is 513 g/mol. The van der Waals surface area contributed by atoms with Gasteiger partial charge < -0.3 is 4.90 Å². The second-order valence-electron chi connectivity index (χ2n) is 10.2. The number of carbonyl (C=O) groups excluding carboxylic acids is 3. The molecule has 0 aromatic heterocycles. The molecule has 190 valence electrons. The van der Waals surface area contributed by atoms with Crippen molar-refractivity contribution < 1.29 is 18.8 Å². The summed E-state index contributed by atoms with van der Waals surface area (Å²) < 4.78 is 14.3. The van der Waals surface area contributed by atoms with Crippen molar-refractivity contribution in [2.45, 2.75) is 18.0 Å². The molecule has 2 heterocycles. The standard InChI is InChI=1S/C33H21ClFNO3/c34-22-13-10-20(11-14-22)30(37)29-28(19-6-2-1-3-7-19)33(31(38)24-8-4-5-9-25(24)32(33)39)27-17-12-21-18-23(35)15-16-26(21)36(27)29/h1-18,27-29H/t27-,28-,29+/m0/s1. The highest BCUT2D eigenvalue weighted by Gasteiger charge is 2.71. The number of fused-ring (bicyclic) bond motifs is 5. The molecule has 0 bridgehead atoms. The number of halogens is 2. The number of nitrogens with zero attached hydrogens (tertiary/aromatic N) is 1. The van der Waals surface area contributed by atoms with Crippen LogP contribution in [-0.2, 0) is 0 Å².